The van der Waals surface area contributed by atoms with Crippen LogP contribution in [0.1, 0.15) is 29.9 Å². The Kier molecular flexibility index (Phi) is 3.54. The first kappa shape index (κ1) is 14.2. The summed E-state index contributed by atoms with van der Waals surface area (Å²) in [5.74, 6) is 0. The molecular formula is C14H18N4O2S. The molecule has 1 saturated carbocycles. The van der Waals surface area contributed by atoms with E-state index >= 15 is 0 Å². The van der Waals surface area contributed by atoms with E-state index in [0.29, 0.717) is 22.8 Å². The highest BCUT2D eigenvalue weighted by Gasteiger charge is 2.40. The summed E-state index contributed by atoms with van der Waals surface area (Å²) < 4.78 is 27.5. The molecule has 2 aromatic heterocycles. The maximum absolute atomic E-state index is 13.0. The number of aryl methyl sites for hydroxylation is 2. The number of aromatic nitrogens is 3. The van der Waals surface area contributed by atoms with Crippen molar-refractivity contribution in [2.45, 2.75) is 44.2 Å². The van der Waals surface area contributed by atoms with Crippen LogP contribution >= 0.6 is 0 Å². The minimum absolute atomic E-state index is 0.0747. The molecule has 21 heavy (non-hydrogen) atoms. The van der Waals surface area contributed by atoms with Gasteiger partial charge in [-0.15, -0.1) is 0 Å². The Balaban J connectivity index is 1.97. The second-order valence-corrected chi connectivity index (χ2v) is 7.19. The third-order valence-electron chi connectivity index (χ3n) is 3.63. The summed E-state index contributed by atoms with van der Waals surface area (Å²) >= 11 is 0. The third-order valence-corrected chi connectivity index (χ3v) is 5.79. The summed E-state index contributed by atoms with van der Waals surface area (Å²) in [6.07, 6.45) is 3.49. The van der Waals surface area contributed by atoms with Gasteiger partial charge in [0, 0.05) is 12.2 Å². The summed E-state index contributed by atoms with van der Waals surface area (Å²) in [7, 11) is -3.55. The SMILES string of the molecule is Cc1n[nH]c(C)c1S(=O)(=O)N(Cc1ccccn1)C1CC1. The Hall–Kier alpha value is -1.73. The van der Waals surface area contributed by atoms with Gasteiger partial charge >= 0.3 is 0 Å². The molecule has 0 aromatic carbocycles. The van der Waals surface area contributed by atoms with Gasteiger partial charge in [-0.3, -0.25) is 10.1 Å². The minimum atomic E-state index is -3.55. The normalized spacial score (nSPS) is 15.6. The maximum atomic E-state index is 13.0. The number of pyridine rings is 1. The largest absolute Gasteiger partial charge is 0.281 e. The number of rotatable bonds is 5. The molecule has 112 valence electrons. The zero-order valence-electron chi connectivity index (χ0n) is 12.1. The van der Waals surface area contributed by atoms with Gasteiger partial charge in [0.25, 0.3) is 0 Å². The quantitative estimate of drug-likeness (QED) is 0.913. The molecule has 0 unspecified atom stereocenters. The zero-order chi connectivity index (χ0) is 15.0. The van der Waals surface area contributed by atoms with Gasteiger partial charge < -0.3 is 0 Å². The van der Waals surface area contributed by atoms with Crippen LogP contribution in [0.3, 0.4) is 0 Å². The first-order chi connectivity index (χ1) is 10.00. The van der Waals surface area contributed by atoms with Crippen LogP contribution in [0.15, 0.2) is 29.3 Å². The number of aromatic amines is 1. The first-order valence-electron chi connectivity index (χ1n) is 6.93. The van der Waals surface area contributed by atoms with Crippen LogP contribution in [0, 0.1) is 13.8 Å². The number of sulfonamides is 1. The number of H-pyrrole nitrogens is 1. The fourth-order valence-corrected chi connectivity index (χ4v) is 4.45. The van der Waals surface area contributed by atoms with Crippen LogP contribution < -0.4 is 0 Å². The first-order valence-corrected chi connectivity index (χ1v) is 8.37. The van der Waals surface area contributed by atoms with Gasteiger partial charge in [-0.1, -0.05) is 6.07 Å². The molecule has 1 fully saturated rings. The standard InChI is InChI=1S/C14H18N4O2S/c1-10-14(11(2)17-16-10)21(19,20)18(13-6-7-13)9-12-5-3-4-8-15-12/h3-5,8,13H,6-7,9H2,1-2H3,(H,16,17). The highest BCUT2D eigenvalue weighted by molar-refractivity contribution is 7.89. The molecular weight excluding hydrogens is 288 g/mol. The van der Waals surface area contributed by atoms with Crippen LogP contribution in [-0.4, -0.2) is 33.9 Å². The summed E-state index contributed by atoms with van der Waals surface area (Å²) in [4.78, 5) is 4.54. The molecule has 0 radical (unpaired) electrons. The van der Waals surface area contributed by atoms with E-state index in [1.54, 1.807) is 24.3 Å². The van der Waals surface area contributed by atoms with Gasteiger partial charge in [-0.25, -0.2) is 8.42 Å². The molecule has 1 aliphatic carbocycles. The molecule has 1 aliphatic rings. The van der Waals surface area contributed by atoms with E-state index in [4.69, 9.17) is 0 Å². The van der Waals surface area contributed by atoms with E-state index in [1.807, 2.05) is 18.2 Å². The molecule has 0 amide bonds. The fourth-order valence-electron chi connectivity index (χ4n) is 2.46. The summed E-state index contributed by atoms with van der Waals surface area (Å²) in [6, 6.07) is 5.61. The maximum Gasteiger partial charge on any atom is 0.247 e. The molecule has 0 aliphatic heterocycles. The Bertz CT molecular complexity index is 716. The predicted molar refractivity (Wildman–Crippen MR) is 78.0 cm³/mol. The zero-order valence-corrected chi connectivity index (χ0v) is 12.9. The Morgan fingerprint density at radius 2 is 2.10 bits per heavy atom. The van der Waals surface area contributed by atoms with Crippen LogP contribution in [0.4, 0.5) is 0 Å². The van der Waals surface area contributed by atoms with E-state index in [-0.39, 0.29) is 6.04 Å². The van der Waals surface area contributed by atoms with Crippen LogP contribution in [0.5, 0.6) is 0 Å². The van der Waals surface area contributed by atoms with Crippen LogP contribution in [-0.2, 0) is 16.6 Å². The number of hydrogen-bond acceptors (Lipinski definition) is 4. The highest BCUT2D eigenvalue weighted by Crippen LogP contribution is 2.34. The van der Waals surface area contributed by atoms with Gasteiger partial charge in [0.15, 0.2) is 0 Å². The van der Waals surface area contributed by atoms with Crippen molar-refractivity contribution in [2.75, 3.05) is 0 Å². The fraction of sp³-hybridized carbons (Fsp3) is 0.429. The molecule has 6 nitrogen and oxygen atoms in total. The Labute approximate surface area is 124 Å². The third kappa shape index (κ3) is 2.71. The van der Waals surface area contributed by atoms with Gasteiger partial charge in [-0.05, 0) is 38.8 Å². The average Bonchev–Trinajstić information content (AvgIpc) is 3.22. The molecule has 2 heterocycles. The van der Waals surface area contributed by atoms with Crippen molar-refractivity contribution in [2.24, 2.45) is 0 Å². The topological polar surface area (TPSA) is 79.0 Å². The van der Waals surface area contributed by atoms with E-state index in [1.165, 1.54) is 0 Å². The smallest absolute Gasteiger partial charge is 0.247 e. The van der Waals surface area contributed by atoms with Crippen molar-refractivity contribution >= 4 is 10.0 Å². The number of hydrogen-bond donors (Lipinski definition) is 1. The Morgan fingerprint density at radius 3 is 2.62 bits per heavy atom. The summed E-state index contributed by atoms with van der Waals surface area (Å²) in [5, 5.41) is 6.75. The highest BCUT2D eigenvalue weighted by atomic mass is 32.2. The number of nitrogens with zero attached hydrogens (tertiary/aromatic N) is 3. The van der Waals surface area contributed by atoms with Crippen molar-refractivity contribution in [3.63, 3.8) is 0 Å². The molecule has 7 heteroatoms. The van der Waals surface area contributed by atoms with E-state index in [0.717, 1.165) is 18.5 Å². The summed E-state index contributed by atoms with van der Waals surface area (Å²) in [6.45, 7) is 3.75. The monoisotopic (exact) mass is 306 g/mol. The lowest BCUT2D eigenvalue weighted by molar-refractivity contribution is 0.394. The lowest BCUT2D eigenvalue weighted by Crippen LogP contribution is -2.33. The predicted octanol–water partition coefficient (Wildman–Crippen LogP) is 1.77. The molecule has 0 bridgehead atoms. The molecule has 0 spiro atoms. The van der Waals surface area contributed by atoms with Gasteiger partial charge in [0.2, 0.25) is 10.0 Å². The van der Waals surface area contributed by atoms with E-state index < -0.39 is 10.0 Å². The van der Waals surface area contributed by atoms with Crippen molar-refractivity contribution in [1.82, 2.24) is 19.5 Å². The van der Waals surface area contributed by atoms with Crippen molar-refractivity contribution in [3.05, 3.63) is 41.5 Å². The second kappa shape index (κ2) is 5.23. The van der Waals surface area contributed by atoms with E-state index in [2.05, 4.69) is 15.2 Å². The van der Waals surface area contributed by atoms with Gasteiger partial charge in [-0.2, -0.15) is 9.40 Å². The van der Waals surface area contributed by atoms with Crippen LogP contribution in [0.25, 0.3) is 0 Å². The molecule has 0 saturated heterocycles. The lowest BCUT2D eigenvalue weighted by atomic mass is 10.3. The minimum Gasteiger partial charge on any atom is -0.281 e. The molecule has 1 N–H and O–H groups in total. The number of nitrogens with one attached hydrogen (secondary N) is 1. The molecule has 3 rings (SSSR count). The second-order valence-electron chi connectivity index (χ2n) is 5.37. The van der Waals surface area contributed by atoms with E-state index in [9.17, 15) is 8.42 Å². The summed E-state index contributed by atoms with van der Waals surface area (Å²) in [5.41, 5.74) is 1.85. The van der Waals surface area contributed by atoms with Crippen molar-refractivity contribution < 1.29 is 8.42 Å². The lowest BCUT2D eigenvalue weighted by Gasteiger charge is -2.21. The Morgan fingerprint density at radius 1 is 1.33 bits per heavy atom. The van der Waals surface area contributed by atoms with Crippen molar-refractivity contribution in [3.8, 4) is 0 Å². The van der Waals surface area contributed by atoms with Crippen LogP contribution in [0.2, 0.25) is 0 Å². The molecule has 2 aromatic rings. The molecule has 0 atom stereocenters. The van der Waals surface area contributed by atoms with Gasteiger partial charge in [0.05, 0.1) is 23.6 Å². The average molecular weight is 306 g/mol. The van der Waals surface area contributed by atoms with Crippen molar-refractivity contribution in [1.29, 1.82) is 0 Å². The van der Waals surface area contributed by atoms with Gasteiger partial charge in [0.1, 0.15) is 4.90 Å².